The maximum absolute atomic E-state index is 11.7. The third kappa shape index (κ3) is 2.00. The highest BCUT2D eigenvalue weighted by Crippen LogP contribution is 2.57. The van der Waals surface area contributed by atoms with Gasteiger partial charge >= 0.3 is 12.1 Å². The molecule has 0 spiro atoms. The quantitative estimate of drug-likeness (QED) is 0.665. The van der Waals surface area contributed by atoms with Gasteiger partial charge in [-0.15, -0.1) is 0 Å². The van der Waals surface area contributed by atoms with Crippen molar-refractivity contribution in [3.63, 3.8) is 0 Å². The lowest BCUT2D eigenvalue weighted by Crippen LogP contribution is -2.03. The van der Waals surface area contributed by atoms with Crippen LogP contribution in [0.15, 0.2) is 0 Å². The van der Waals surface area contributed by atoms with Crippen LogP contribution in [-0.4, -0.2) is 17.3 Å². The molecule has 0 radical (unpaired) electrons. The summed E-state index contributed by atoms with van der Waals surface area (Å²) in [5.41, 5.74) is -0.649. The van der Waals surface area contributed by atoms with E-state index in [1.165, 1.54) is 0 Å². The number of carbonyl (C=O) groups is 1. The predicted molar refractivity (Wildman–Crippen MR) is 42.2 cm³/mol. The van der Waals surface area contributed by atoms with E-state index in [0.29, 0.717) is 0 Å². The lowest BCUT2D eigenvalue weighted by atomic mass is 10.1. The van der Waals surface area contributed by atoms with Crippen LogP contribution in [0.2, 0.25) is 0 Å². The van der Waals surface area contributed by atoms with Crippen LogP contribution >= 0.6 is 0 Å². The molecule has 1 fully saturated rings. The molecule has 1 saturated carbocycles. The van der Waals surface area contributed by atoms with Crippen LogP contribution in [0, 0.1) is 29.1 Å². The lowest BCUT2D eigenvalue weighted by molar-refractivity contribution is -0.139. The van der Waals surface area contributed by atoms with E-state index in [2.05, 4.69) is 0 Å². The summed E-state index contributed by atoms with van der Waals surface area (Å²) in [5.74, 6) is 0.514. The lowest BCUT2D eigenvalue weighted by Gasteiger charge is -1.95. The molecule has 5 heteroatoms. The number of halogens is 3. The van der Waals surface area contributed by atoms with Crippen molar-refractivity contribution in [2.45, 2.75) is 20.0 Å². The van der Waals surface area contributed by atoms with E-state index in [-0.39, 0.29) is 0 Å². The van der Waals surface area contributed by atoms with Gasteiger partial charge in [0.05, 0.1) is 5.92 Å². The van der Waals surface area contributed by atoms with Crippen LogP contribution in [0.3, 0.4) is 0 Å². The summed E-state index contributed by atoms with van der Waals surface area (Å²) in [7, 11) is 0. The number of rotatable bonds is 1. The smallest absolute Gasteiger partial charge is 0.457 e. The summed E-state index contributed by atoms with van der Waals surface area (Å²) in [6, 6.07) is 0. The molecule has 0 aromatic rings. The Hall–Kier alpha value is -1.18. The molecule has 0 aromatic carbocycles. The normalized spacial score (nSPS) is 28.9. The number of carboxylic acid groups (broad SMARTS) is 1. The van der Waals surface area contributed by atoms with Crippen LogP contribution in [-0.2, 0) is 4.79 Å². The van der Waals surface area contributed by atoms with Crippen LogP contribution in [0.4, 0.5) is 13.2 Å². The van der Waals surface area contributed by atoms with Gasteiger partial charge in [-0.2, -0.15) is 13.2 Å². The second kappa shape index (κ2) is 2.91. The highest BCUT2D eigenvalue weighted by Gasteiger charge is 2.61. The van der Waals surface area contributed by atoms with Crippen molar-refractivity contribution in [1.29, 1.82) is 0 Å². The summed E-state index contributed by atoms with van der Waals surface area (Å²) < 4.78 is 35.1. The Morgan fingerprint density at radius 1 is 1.43 bits per heavy atom. The Kier molecular flexibility index (Phi) is 2.26. The van der Waals surface area contributed by atoms with Gasteiger partial charge in [-0.05, 0) is 5.41 Å². The van der Waals surface area contributed by atoms with Gasteiger partial charge in [-0.1, -0.05) is 19.8 Å². The monoisotopic (exact) mass is 206 g/mol. The Morgan fingerprint density at radius 2 is 1.93 bits per heavy atom. The molecule has 2 unspecified atom stereocenters. The molecule has 14 heavy (non-hydrogen) atoms. The van der Waals surface area contributed by atoms with Crippen molar-refractivity contribution in [2.24, 2.45) is 17.3 Å². The van der Waals surface area contributed by atoms with Gasteiger partial charge in [0, 0.05) is 11.8 Å². The minimum atomic E-state index is -4.54. The third-order valence-corrected chi connectivity index (χ3v) is 2.46. The average molecular weight is 206 g/mol. The molecule has 0 bridgehead atoms. The molecule has 1 aliphatic carbocycles. The molecule has 2 nitrogen and oxygen atoms in total. The highest BCUT2D eigenvalue weighted by atomic mass is 19.4. The number of alkyl halides is 3. The fraction of sp³-hybridized carbons (Fsp3) is 0.667. The van der Waals surface area contributed by atoms with Gasteiger partial charge in [0.25, 0.3) is 0 Å². The molecular weight excluding hydrogens is 197 g/mol. The molecule has 1 N–H and O–H groups in total. The Balaban J connectivity index is 2.74. The molecule has 0 amide bonds. The van der Waals surface area contributed by atoms with E-state index in [0.717, 1.165) is 5.92 Å². The standard InChI is InChI=1S/C9H9F3O2/c1-8(2)5(6(8)7(13)14)3-4-9(10,11)12/h5-6H,1-2H3,(H,13,14). The van der Waals surface area contributed by atoms with E-state index in [9.17, 15) is 18.0 Å². The van der Waals surface area contributed by atoms with Crippen molar-refractivity contribution < 1.29 is 23.1 Å². The zero-order chi connectivity index (χ0) is 11.1. The first-order valence-electron chi connectivity index (χ1n) is 3.98. The van der Waals surface area contributed by atoms with Gasteiger partial charge in [0.15, 0.2) is 0 Å². The molecule has 0 aromatic heterocycles. The summed E-state index contributed by atoms with van der Waals surface area (Å²) >= 11 is 0. The van der Waals surface area contributed by atoms with Crippen molar-refractivity contribution in [2.75, 3.05) is 0 Å². The van der Waals surface area contributed by atoms with Gasteiger partial charge in [-0.3, -0.25) is 4.79 Å². The first-order chi connectivity index (χ1) is 6.16. The fourth-order valence-corrected chi connectivity index (χ4v) is 1.53. The number of aliphatic carboxylic acids is 1. The molecule has 0 saturated heterocycles. The maximum atomic E-state index is 11.7. The van der Waals surface area contributed by atoms with E-state index >= 15 is 0 Å². The summed E-state index contributed by atoms with van der Waals surface area (Å²) in [5, 5.41) is 8.64. The van der Waals surface area contributed by atoms with Gasteiger partial charge in [0.2, 0.25) is 0 Å². The third-order valence-electron chi connectivity index (χ3n) is 2.46. The van der Waals surface area contributed by atoms with E-state index < -0.39 is 29.4 Å². The van der Waals surface area contributed by atoms with Gasteiger partial charge in [-0.25, -0.2) is 0 Å². The summed E-state index contributed by atoms with van der Waals surface area (Å²) in [6.45, 7) is 3.20. The molecular formula is C9H9F3O2. The largest absolute Gasteiger partial charge is 0.481 e. The molecule has 0 aliphatic heterocycles. The number of carboxylic acids is 1. The number of hydrogen-bond donors (Lipinski definition) is 1. The topological polar surface area (TPSA) is 37.3 Å². The van der Waals surface area contributed by atoms with Crippen molar-refractivity contribution in [1.82, 2.24) is 0 Å². The van der Waals surface area contributed by atoms with Crippen LogP contribution in [0.5, 0.6) is 0 Å². The highest BCUT2D eigenvalue weighted by molar-refractivity contribution is 5.76. The second-order valence-electron chi connectivity index (χ2n) is 3.88. The van der Waals surface area contributed by atoms with Gasteiger partial charge < -0.3 is 5.11 Å². The van der Waals surface area contributed by atoms with Crippen LogP contribution in [0.1, 0.15) is 13.8 Å². The van der Waals surface area contributed by atoms with Crippen LogP contribution in [0.25, 0.3) is 0 Å². The Morgan fingerprint density at radius 3 is 2.21 bits per heavy atom. The maximum Gasteiger partial charge on any atom is 0.457 e. The minimum Gasteiger partial charge on any atom is -0.481 e. The molecule has 2 atom stereocenters. The van der Waals surface area contributed by atoms with E-state index in [1.807, 2.05) is 5.92 Å². The molecule has 1 aliphatic rings. The van der Waals surface area contributed by atoms with E-state index in [4.69, 9.17) is 5.11 Å². The van der Waals surface area contributed by atoms with Crippen molar-refractivity contribution >= 4 is 5.97 Å². The van der Waals surface area contributed by atoms with Gasteiger partial charge in [0.1, 0.15) is 0 Å². The predicted octanol–water partition coefficient (Wildman–Crippen LogP) is 1.91. The number of hydrogen-bond acceptors (Lipinski definition) is 1. The second-order valence-corrected chi connectivity index (χ2v) is 3.88. The minimum absolute atomic E-state index is 0.649. The zero-order valence-corrected chi connectivity index (χ0v) is 7.64. The van der Waals surface area contributed by atoms with Crippen LogP contribution < -0.4 is 0 Å². The molecule has 78 valence electrons. The van der Waals surface area contributed by atoms with Crippen molar-refractivity contribution in [3.8, 4) is 11.8 Å². The molecule has 0 heterocycles. The van der Waals surface area contributed by atoms with Crippen molar-refractivity contribution in [3.05, 3.63) is 0 Å². The summed E-state index contributed by atoms with van der Waals surface area (Å²) in [4.78, 5) is 10.6. The first kappa shape index (κ1) is 10.9. The Bertz CT molecular complexity index is 319. The van der Waals surface area contributed by atoms with E-state index in [1.54, 1.807) is 13.8 Å². The fourth-order valence-electron chi connectivity index (χ4n) is 1.53. The molecule has 1 rings (SSSR count). The Labute approximate surface area is 79.1 Å². The first-order valence-corrected chi connectivity index (χ1v) is 3.98. The SMILES string of the molecule is CC1(C)C(C#CC(F)(F)F)C1C(=O)O. The zero-order valence-electron chi connectivity index (χ0n) is 7.64. The summed E-state index contributed by atoms with van der Waals surface area (Å²) in [6.07, 6.45) is -4.54. The average Bonchev–Trinajstić information content (AvgIpc) is 2.47.